The van der Waals surface area contributed by atoms with E-state index in [-0.39, 0.29) is 18.1 Å². The number of hydrogen-bond acceptors (Lipinski definition) is 2. The molecule has 2 atom stereocenters. The van der Waals surface area contributed by atoms with Crippen molar-refractivity contribution in [3.05, 3.63) is 34.3 Å². The molecule has 1 aliphatic rings. The molecule has 1 fully saturated rings. The van der Waals surface area contributed by atoms with E-state index in [2.05, 4.69) is 27.8 Å². The Morgan fingerprint density at radius 2 is 2.11 bits per heavy atom. The molecule has 0 radical (unpaired) electrons. The Balaban J connectivity index is 2.19. The van der Waals surface area contributed by atoms with Gasteiger partial charge in [-0.2, -0.15) is 0 Å². The fourth-order valence-corrected chi connectivity index (χ4v) is 2.54. The molecule has 0 aliphatic carbocycles. The number of amides is 1. The maximum absolute atomic E-state index is 11.9. The summed E-state index contributed by atoms with van der Waals surface area (Å²) in [6, 6.07) is 7.99. The number of carbonyl (C=O) groups excluding carboxylic acids is 1. The summed E-state index contributed by atoms with van der Waals surface area (Å²) >= 11 is 3.42. The van der Waals surface area contributed by atoms with Gasteiger partial charge in [-0.25, -0.2) is 0 Å². The number of hydrogen-bond donors (Lipinski definition) is 0. The number of rotatable bonds is 1. The van der Waals surface area contributed by atoms with Gasteiger partial charge in [0.15, 0.2) is 0 Å². The molecule has 0 bridgehead atoms. The van der Waals surface area contributed by atoms with Crippen LogP contribution < -0.4 is 0 Å². The van der Waals surface area contributed by atoms with E-state index in [9.17, 15) is 4.79 Å². The number of ether oxygens (including phenoxy) is 1. The molecule has 0 aromatic heterocycles. The van der Waals surface area contributed by atoms with Gasteiger partial charge in [0.25, 0.3) is 5.91 Å². The number of halogens is 1. The summed E-state index contributed by atoms with van der Waals surface area (Å²) in [6.07, 6.45) is -0.0931. The molecular weight excluding hydrogens is 306 g/mol. The van der Waals surface area contributed by atoms with Crippen LogP contribution in [0.15, 0.2) is 28.7 Å². The summed E-state index contributed by atoms with van der Waals surface area (Å²) in [5.74, 6) is 5.14. The molecular formula is C15H16BrNO2. The van der Waals surface area contributed by atoms with Gasteiger partial charge < -0.3 is 9.64 Å². The summed E-state index contributed by atoms with van der Waals surface area (Å²) in [6.45, 7) is 4.82. The zero-order valence-electron chi connectivity index (χ0n) is 11.0. The van der Waals surface area contributed by atoms with Crippen molar-refractivity contribution in [3.63, 3.8) is 0 Å². The Morgan fingerprint density at radius 1 is 1.42 bits per heavy atom. The maximum atomic E-state index is 11.9. The van der Waals surface area contributed by atoms with Crippen LogP contribution >= 0.6 is 15.9 Å². The minimum absolute atomic E-state index is 0.0109. The maximum Gasteiger partial charge on any atom is 0.298 e. The Hall–Kier alpha value is -1.31. The molecule has 2 rings (SSSR count). The molecule has 1 amide bonds. The van der Waals surface area contributed by atoms with Crippen molar-refractivity contribution < 1.29 is 9.53 Å². The van der Waals surface area contributed by atoms with Crippen LogP contribution in [-0.2, 0) is 9.53 Å². The van der Waals surface area contributed by atoms with Crippen molar-refractivity contribution in [1.82, 2.24) is 4.90 Å². The second kappa shape index (κ2) is 6.23. The standard InChI is InChI=1S/C15H16BrNO2/c1-3-4-14(18)17-9-10-19-15(11(17)2)12-5-7-13(16)8-6-12/h5-8,11,15H,9-10H2,1-2H3/t11-,15+/m0/s1. The predicted molar refractivity (Wildman–Crippen MR) is 77.5 cm³/mol. The van der Waals surface area contributed by atoms with Gasteiger partial charge in [0, 0.05) is 11.0 Å². The van der Waals surface area contributed by atoms with E-state index in [4.69, 9.17) is 4.74 Å². The van der Waals surface area contributed by atoms with Crippen LogP contribution in [0.25, 0.3) is 0 Å². The fourth-order valence-electron chi connectivity index (χ4n) is 2.28. The zero-order chi connectivity index (χ0) is 13.8. The van der Waals surface area contributed by atoms with Gasteiger partial charge in [-0.05, 0) is 37.5 Å². The van der Waals surface area contributed by atoms with Gasteiger partial charge in [0.05, 0.1) is 12.6 Å². The molecule has 1 aliphatic heterocycles. The first kappa shape index (κ1) is 14.1. The van der Waals surface area contributed by atoms with Gasteiger partial charge in [-0.1, -0.05) is 34.0 Å². The van der Waals surface area contributed by atoms with Crippen molar-refractivity contribution in [2.75, 3.05) is 13.2 Å². The lowest BCUT2D eigenvalue weighted by atomic mass is 10.0. The minimum Gasteiger partial charge on any atom is -0.370 e. The molecule has 1 aromatic rings. The highest BCUT2D eigenvalue weighted by Crippen LogP contribution is 2.29. The molecule has 0 spiro atoms. The van der Waals surface area contributed by atoms with E-state index in [1.54, 1.807) is 11.8 Å². The Bertz CT molecular complexity index is 515. The first-order chi connectivity index (χ1) is 9.13. The third kappa shape index (κ3) is 3.17. The fraction of sp³-hybridized carbons (Fsp3) is 0.400. The zero-order valence-corrected chi connectivity index (χ0v) is 12.6. The van der Waals surface area contributed by atoms with Crippen LogP contribution in [0.3, 0.4) is 0 Å². The van der Waals surface area contributed by atoms with E-state index in [1.807, 2.05) is 31.2 Å². The van der Waals surface area contributed by atoms with Crippen LogP contribution in [-0.4, -0.2) is 30.0 Å². The summed E-state index contributed by atoms with van der Waals surface area (Å²) < 4.78 is 6.85. The average Bonchev–Trinajstić information content (AvgIpc) is 2.40. The number of benzene rings is 1. The third-order valence-electron chi connectivity index (χ3n) is 3.25. The third-order valence-corrected chi connectivity index (χ3v) is 3.78. The highest BCUT2D eigenvalue weighted by molar-refractivity contribution is 9.10. The Kier molecular flexibility index (Phi) is 4.62. The van der Waals surface area contributed by atoms with Crippen LogP contribution in [0.5, 0.6) is 0 Å². The topological polar surface area (TPSA) is 29.5 Å². The lowest BCUT2D eigenvalue weighted by Crippen LogP contribution is -2.48. The van der Waals surface area contributed by atoms with E-state index < -0.39 is 0 Å². The van der Waals surface area contributed by atoms with Gasteiger partial charge in [-0.15, -0.1) is 0 Å². The SMILES string of the molecule is CC#CC(=O)N1CCO[C@@H](c2ccc(Br)cc2)[C@@H]1C. The number of carbonyl (C=O) groups is 1. The van der Waals surface area contributed by atoms with Crippen LogP contribution in [0.4, 0.5) is 0 Å². The van der Waals surface area contributed by atoms with E-state index in [0.29, 0.717) is 13.2 Å². The summed E-state index contributed by atoms with van der Waals surface area (Å²) in [4.78, 5) is 13.7. The lowest BCUT2D eigenvalue weighted by molar-refractivity contribution is -0.139. The molecule has 4 heteroatoms. The smallest absolute Gasteiger partial charge is 0.298 e. The van der Waals surface area contributed by atoms with Crippen molar-refractivity contribution in [2.24, 2.45) is 0 Å². The largest absolute Gasteiger partial charge is 0.370 e. The average molecular weight is 322 g/mol. The molecule has 3 nitrogen and oxygen atoms in total. The molecule has 100 valence electrons. The van der Waals surface area contributed by atoms with Crippen molar-refractivity contribution >= 4 is 21.8 Å². The minimum atomic E-state index is -0.125. The van der Waals surface area contributed by atoms with Crippen LogP contribution in [0.2, 0.25) is 0 Å². The first-order valence-electron chi connectivity index (χ1n) is 6.24. The second-order valence-corrected chi connectivity index (χ2v) is 5.37. The normalized spacial score (nSPS) is 22.6. The first-order valence-corrected chi connectivity index (χ1v) is 7.03. The molecule has 0 N–H and O–H groups in total. The second-order valence-electron chi connectivity index (χ2n) is 4.46. The predicted octanol–water partition coefficient (Wildman–Crippen LogP) is 2.76. The van der Waals surface area contributed by atoms with Crippen molar-refractivity contribution in [1.29, 1.82) is 0 Å². The molecule has 1 saturated heterocycles. The van der Waals surface area contributed by atoms with E-state index in [1.165, 1.54) is 0 Å². The summed E-state index contributed by atoms with van der Waals surface area (Å²) in [5, 5.41) is 0. The van der Waals surface area contributed by atoms with Gasteiger partial charge in [-0.3, -0.25) is 4.79 Å². The molecule has 1 heterocycles. The monoisotopic (exact) mass is 321 g/mol. The number of morpholine rings is 1. The van der Waals surface area contributed by atoms with Gasteiger partial charge in [0.1, 0.15) is 6.10 Å². The highest BCUT2D eigenvalue weighted by Gasteiger charge is 2.32. The van der Waals surface area contributed by atoms with Gasteiger partial charge >= 0.3 is 0 Å². The Morgan fingerprint density at radius 3 is 2.74 bits per heavy atom. The van der Waals surface area contributed by atoms with Crippen molar-refractivity contribution in [3.8, 4) is 11.8 Å². The molecule has 19 heavy (non-hydrogen) atoms. The van der Waals surface area contributed by atoms with Crippen LogP contribution in [0, 0.1) is 11.8 Å². The summed E-state index contributed by atoms with van der Waals surface area (Å²) in [7, 11) is 0. The number of nitrogens with zero attached hydrogens (tertiary/aromatic N) is 1. The Labute approximate surface area is 122 Å². The molecule has 0 saturated carbocycles. The molecule has 1 aromatic carbocycles. The van der Waals surface area contributed by atoms with E-state index >= 15 is 0 Å². The van der Waals surface area contributed by atoms with E-state index in [0.717, 1.165) is 10.0 Å². The van der Waals surface area contributed by atoms with Gasteiger partial charge in [0.2, 0.25) is 0 Å². The van der Waals surface area contributed by atoms with Crippen molar-refractivity contribution in [2.45, 2.75) is 26.0 Å². The lowest BCUT2D eigenvalue weighted by Gasteiger charge is -2.38. The van der Waals surface area contributed by atoms with Crippen LogP contribution in [0.1, 0.15) is 25.5 Å². The summed E-state index contributed by atoms with van der Waals surface area (Å²) in [5.41, 5.74) is 1.08. The quantitative estimate of drug-likeness (QED) is 0.744. The highest BCUT2D eigenvalue weighted by atomic mass is 79.9. The molecule has 0 unspecified atom stereocenters.